The molecular formula is C23H21N3O3. The van der Waals surface area contributed by atoms with E-state index in [0.29, 0.717) is 22.7 Å². The SMILES string of the molecule is Nc1ccccc1NC(=O)c1ccc2c(c1)CCC2NC(=O)Oc1ccccc1. The number of carbonyl (C=O) groups is 2. The summed E-state index contributed by atoms with van der Waals surface area (Å²) in [6, 6.07) is 21.5. The van der Waals surface area contributed by atoms with Crippen molar-refractivity contribution in [2.45, 2.75) is 18.9 Å². The van der Waals surface area contributed by atoms with Crippen molar-refractivity contribution in [3.8, 4) is 5.75 Å². The number of anilines is 2. The summed E-state index contributed by atoms with van der Waals surface area (Å²) in [6.45, 7) is 0. The van der Waals surface area contributed by atoms with E-state index in [1.165, 1.54) is 0 Å². The molecule has 3 aromatic rings. The van der Waals surface area contributed by atoms with Crippen molar-refractivity contribution in [1.29, 1.82) is 0 Å². The number of amides is 2. The van der Waals surface area contributed by atoms with Gasteiger partial charge >= 0.3 is 6.09 Å². The van der Waals surface area contributed by atoms with Crippen molar-refractivity contribution >= 4 is 23.4 Å². The molecule has 2 amide bonds. The highest BCUT2D eigenvalue weighted by molar-refractivity contribution is 6.05. The second-order valence-corrected chi connectivity index (χ2v) is 6.89. The Labute approximate surface area is 168 Å². The van der Waals surface area contributed by atoms with Crippen LogP contribution in [0.3, 0.4) is 0 Å². The molecule has 4 N–H and O–H groups in total. The number of hydrogen-bond acceptors (Lipinski definition) is 4. The number of hydrogen-bond donors (Lipinski definition) is 3. The summed E-state index contributed by atoms with van der Waals surface area (Å²) in [5.74, 6) is 0.279. The lowest BCUT2D eigenvalue weighted by Gasteiger charge is -2.14. The number of nitrogens with one attached hydrogen (secondary N) is 2. The van der Waals surface area contributed by atoms with Crippen LogP contribution >= 0.6 is 0 Å². The van der Waals surface area contributed by atoms with Crippen LogP contribution in [-0.2, 0) is 6.42 Å². The van der Waals surface area contributed by atoms with Crippen molar-refractivity contribution in [1.82, 2.24) is 5.32 Å². The molecule has 0 aliphatic heterocycles. The maximum absolute atomic E-state index is 12.6. The molecule has 146 valence electrons. The summed E-state index contributed by atoms with van der Waals surface area (Å²) in [7, 11) is 0. The highest BCUT2D eigenvalue weighted by Crippen LogP contribution is 2.32. The van der Waals surface area contributed by atoms with E-state index in [-0.39, 0.29) is 11.9 Å². The van der Waals surface area contributed by atoms with Gasteiger partial charge in [0.15, 0.2) is 0 Å². The molecule has 0 heterocycles. The third kappa shape index (κ3) is 4.21. The Morgan fingerprint density at radius 2 is 1.72 bits per heavy atom. The number of carbonyl (C=O) groups excluding carboxylic acids is 2. The van der Waals surface area contributed by atoms with E-state index in [2.05, 4.69) is 10.6 Å². The van der Waals surface area contributed by atoms with Crippen molar-refractivity contribution in [2.75, 3.05) is 11.1 Å². The number of ether oxygens (including phenoxy) is 1. The first-order chi connectivity index (χ1) is 14.1. The minimum absolute atomic E-state index is 0.136. The van der Waals surface area contributed by atoms with Crippen molar-refractivity contribution in [2.24, 2.45) is 0 Å². The molecule has 0 spiro atoms. The summed E-state index contributed by atoms with van der Waals surface area (Å²) in [5.41, 5.74) is 9.60. The van der Waals surface area contributed by atoms with E-state index in [1.54, 1.807) is 30.3 Å². The summed E-state index contributed by atoms with van der Waals surface area (Å²) < 4.78 is 5.30. The third-order valence-corrected chi connectivity index (χ3v) is 4.94. The van der Waals surface area contributed by atoms with Crippen LogP contribution in [-0.4, -0.2) is 12.0 Å². The van der Waals surface area contributed by atoms with Crippen LogP contribution in [0.15, 0.2) is 72.8 Å². The molecule has 4 rings (SSSR count). The molecule has 0 saturated carbocycles. The maximum Gasteiger partial charge on any atom is 0.413 e. The topological polar surface area (TPSA) is 93.5 Å². The van der Waals surface area contributed by atoms with E-state index in [0.717, 1.165) is 24.0 Å². The number of rotatable bonds is 4. The van der Waals surface area contributed by atoms with Crippen LogP contribution in [0, 0.1) is 0 Å². The number of benzene rings is 3. The third-order valence-electron chi connectivity index (χ3n) is 4.94. The van der Waals surface area contributed by atoms with Gasteiger partial charge in [-0.1, -0.05) is 36.4 Å². The molecule has 0 bridgehead atoms. The largest absolute Gasteiger partial charge is 0.413 e. The maximum atomic E-state index is 12.6. The average molecular weight is 387 g/mol. The van der Waals surface area contributed by atoms with E-state index in [1.807, 2.05) is 42.5 Å². The molecule has 1 aliphatic carbocycles. The molecule has 0 radical (unpaired) electrons. The molecule has 0 aromatic heterocycles. The molecule has 0 saturated heterocycles. The van der Waals surface area contributed by atoms with Gasteiger partial charge in [0.05, 0.1) is 17.4 Å². The number of aryl methyl sites for hydroxylation is 1. The van der Waals surface area contributed by atoms with Crippen LogP contribution in [0.1, 0.15) is 33.9 Å². The van der Waals surface area contributed by atoms with Crippen LogP contribution in [0.4, 0.5) is 16.2 Å². The Kier molecular flexibility index (Phi) is 5.16. The first-order valence-electron chi connectivity index (χ1n) is 9.42. The minimum Gasteiger partial charge on any atom is -0.410 e. The average Bonchev–Trinajstić information content (AvgIpc) is 3.12. The molecule has 1 aliphatic rings. The first kappa shape index (κ1) is 18.6. The Morgan fingerprint density at radius 3 is 2.52 bits per heavy atom. The number of nitrogens with two attached hydrogens (primary N) is 1. The fourth-order valence-electron chi connectivity index (χ4n) is 3.48. The van der Waals surface area contributed by atoms with Gasteiger partial charge in [-0.2, -0.15) is 0 Å². The van der Waals surface area contributed by atoms with Gasteiger partial charge in [0, 0.05) is 5.56 Å². The lowest BCUT2D eigenvalue weighted by molar-refractivity contribution is 0.102. The number of fused-ring (bicyclic) bond motifs is 1. The zero-order chi connectivity index (χ0) is 20.2. The van der Waals surface area contributed by atoms with Crippen LogP contribution in [0.2, 0.25) is 0 Å². The molecule has 6 heteroatoms. The Hall–Kier alpha value is -3.80. The lowest BCUT2D eigenvalue weighted by Crippen LogP contribution is -2.30. The minimum atomic E-state index is -0.490. The standard InChI is InChI=1S/C23H21N3O3/c24-19-8-4-5-9-21(19)25-22(27)16-10-12-18-15(14-16)11-13-20(18)26-23(28)29-17-6-2-1-3-7-17/h1-10,12,14,20H,11,13,24H2,(H,25,27)(H,26,28). The second kappa shape index (κ2) is 8.06. The molecule has 6 nitrogen and oxygen atoms in total. The van der Waals surface area contributed by atoms with Gasteiger partial charge in [-0.15, -0.1) is 0 Å². The smallest absolute Gasteiger partial charge is 0.410 e. The van der Waals surface area contributed by atoms with E-state index < -0.39 is 6.09 Å². The fraction of sp³-hybridized carbons (Fsp3) is 0.130. The van der Waals surface area contributed by atoms with Crippen LogP contribution in [0.5, 0.6) is 5.75 Å². The number of nitrogen functional groups attached to an aromatic ring is 1. The van der Waals surface area contributed by atoms with E-state index in [4.69, 9.17) is 10.5 Å². The van der Waals surface area contributed by atoms with E-state index >= 15 is 0 Å². The Morgan fingerprint density at radius 1 is 0.966 bits per heavy atom. The van der Waals surface area contributed by atoms with Crippen molar-refractivity contribution < 1.29 is 14.3 Å². The quantitative estimate of drug-likeness (QED) is 0.582. The van der Waals surface area contributed by atoms with E-state index in [9.17, 15) is 9.59 Å². The van der Waals surface area contributed by atoms with Gasteiger partial charge in [0.2, 0.25) is 0 Å². The number of para-hydroxylation sites is 3. The highest BCUT2D eigenvalue weighted by Gasteiger charge is 2.25. The van der Waals surface area contributed by atoms with Crippen molar-refractivity contribution in [3.05, 3.63) is 89.5 Å². The Balaban J connectivity index is 1.43. The van der Waals surface area contributed by atoms with Gasteiger partial charge in [-0.3, -0.25) is 4.79 Å². The van der Waals surface area contributed by atoms with Gasteiger partial charge in [0.25, 0.3) is 5.91 Å². The highest BCUT2D eigenvalue weighted by atomic mass is 16.6. The first-order valence-corrected chi connectivity index (χ1v) is 9.42. The van der Waals surface area contributed by atoms with Crippen LogP contribution < -0.4 is 21.1 Å². The fourth-order valence-corrected chi connectivity index (χ4v) is 3.48. The van der Waals surface area contributed by atoms with Gasteiger partial charge < -0.3 is 21.1 Å². The summed E-state index contributed by atoms with van der Waals surface area (Å²) >= 11 is 0. The lowest BCUT2D eigenvalue weighted by atomic mass is 10.0. The normalized spacial score (nSPS) is 14.7. The zero-order valence-electron chi connectivity index (χ0n) is 15.7. The van der Waals surface area contributed by atoms with Gasteiger partial charge in [-0.25, -0.2) is 4.79 Å². The summed E-state index contributed by atoms with van der Waals surface area (Å²) in [4.78, 5) is 24.8. The molecule has 0 fully saturated rings. The predicted octanol–water partition coefficient (Wildman–Crippen LogP) is 4.30. The van der Waals surface area contributed by atoms with Gasteiger partial charge in [0.1, 0.15) is 5.75 Å². The summed E-state index contributed by atoms with van der Waals surface area (Å²) in [6.07, 6.45) is 1.05. The van der Waals surface area contributed by atoms with Gasteiger partial charge in [-0.05, 0) is 60.4 Å². The molecule has 1 unspecified atom stereocenters. The zero-order valence-corrected chi connectivity index (χ0v) is 15.7. The van der Waals surface area contributed by atoms with Crippen molar-refractivity contribution in [3.63, 3.8) is 0 Å². The second-order valence-electron chi connectivity index (χ2n) is 6.89. The predicted molar refractivity (Wildman–Crippen MR) is 112 cm³/mol. The summed E-state index contributed by atoms with van der Waals surface area (Å²) in [5, 5.41) is 5.74. The molecule has 29 heavy (non-hydrogen) atoms. The molecule has 1 atom stereocenters. The Bertz CT molecular complexity index is 1050. The monoisotopic (exact) mass is 387 g/mol. The molecule has 3 aromatic carbocycles. The van der Waals surface area contributed by atoms with Crippen LogP contribution in [0.25, 0.3) is 0 Å². The molecular weight excluding hydrogens is 366 g/mol.